The summed E-state index contributed by atoms with van der Waals surface area (Å²) in [7, 11) is 0. The maximum atomic E-state index is 13.2. The van der Waals surface area contributed by atoms with Crippen LogP contribution in [-0.4, -0.2) is 5.78 Å². The van der Waals surface area contributed by atoms with Crippen LogP contribution in [0.1, 0.15) is 50.5 Å². The number of carbonyl (C=O) groups excluding carboxylic acids is 1. The lowest BCUT2D eigenvalue weighted by atomic mass is 9.66. The quantitative estimate of drug-likeness (QED) is 0.720. The Labute approximate surface area is 134 Å². The van der Waals surface area contributed by atoms with E-state index in [9.17, 15) is 9.18 Å². The lowest BCUT2D eigenvalue weighted by Crippen LogP contribution is -2.31. The fourth-order valence-electron chi connectivity index (χ4n) is 4.16. The Kier molecular flexibility index (Phi) is 4.78. The third-order valence-corrected chi connectivity index (χ3v) is 5.97. The van der Waals surface area contributed by atoms with Gasteiger partial charge in [-0.25, -0.2) is 4.39 Å². The summed E-state index contributed by atoms with van der Waals surface area (Å²) in [4.78, 5) is 12.5. The van der Waals surface area contributed by atoms with Crippen LogP contribution in [0.4, 0.5) is 4.39 Å². The van der Waals surface area contributed by atoms with Crippen molar-refractivity contribution < 1.29 is 9.18 Å². The minimum Gasteiger partial charge on any atom is -0.299 e. The molecule has 114 valence electrons. The van der Waals surface area contributed by atoms with Crippen LogP contribution >= 0.6 is 15.9 Å². The van der Waals surface area contributed by atoms with Gasteiger partial charge in [0.1, 0.15) is 11.6 Å². The number of hydrogen-bond acceptors (Lipinski definition) is 1. The number of Topliss-reactive ketones (excluding diaryl/α,β-unsaturated/α-hetero) is 1. The van der Waals surface area contributed by atoms with Crippen molar-refractivity contribution in [3.63, 3.8) is 0 Å². The molecule has 2 aliphatic carbocycles. The Morgan fingerprint density at radius 1 is 1.14 bits per heavy atom. The predicted molar refractivity (Wildman–Crippen MR) is 85.6 cm³/mol. The zero-order valence-electron chi connectivity index (χ0n) is 12.3. The van der Waals surface area contributed by atoms with Crippen molar-refractivity contribution in [3.05, 3.63) is 34.1 Å². The van der Waals surface area contributed by atoms with Crippen LogP contribution in [0.15, 0.2) is 22.7 Å². The molecule has 0 heterocycles. The van der Waals surface area contributed by atoms with E-state index >= 15 is 0 Å². The smallest absolute Gasteiger partial charge is 0.140 e. The van der Waals surface area contributed by atoms with Gasteiger partial charge in [0, 0.05) is 12.3 Å². The summed E-state index contributed by atoms with van der Waals surface area (Å²) in [6, 6.07) is 4.90. The maximum absolute atomic E-state index is 13.2. The highest BCUT2D eigenvalue weighted by molar-refractivity contribution is 9.10. The molecule has 0 aromatic heterocycles. The van der Waals surface area contributed by atoms with Gasteiger partial charge >= 0.3 is 0 Å². The first-order valence-electron chi connectivity index (χ1n) is 8.10. The van der Waals surface area contributed by atoms with Gasteiger partial charge in [-0.15, -0.1) is 0 Å². The molecule has 2 aliphatic rings. The van der Waals surface area contributed by atoms with Crippen LogP contribution in [-0.2, 0) is 11.2 Å². The molecule has 0 amide bonds. The van der Waals surface area contributed by atoms with E-state index in [2.05, 4.69) is 15.9 Å². The first-order chi connectivity index (χ1) is 10.1. The van der Waals surface area contributed by atoms with Gasteiger partial charge in [-0.3, -0.25) is 4.79 Å². The highest BCUT2D eigenvalue weighted by Crippen LogP contribution is 2.43. The van der Waals surface area contributed by atoms with Gasteiger partial charge < -0.3 is 0 Å². The molecule has 3 heteroatoms. The van der Waals surface area contributed by atoms with Crippen LogP contribution in [0.3, 0.4) is 0 Å². The molecule has 0 spiro atoms. The van der Waals surface area contributed by atoms with E-state index in [-0.39, 0.29) is 11.7 Å². The normalized spacial score (nSPS) is 29.0. The van der Waals surface area contributed by atoms with Crippen molar-refractivity contribution in [3.8, 4) is 0 Å². The highest BCUT2D eigenvalue weighted by Gasteiger charge is 2.34. The number of rotatable bonds is 3. The van der Waals surface area contributed by atoms with Crippen molar-refractivity contribution >= 4 is 21.7 Å². The third kappa shape index (κ3) is 3.56. The van der Waals surface area contributed by atoms with E-state index in [4.69, 9.17) is 0 Å². The van der Waals surface area contributed by atoms with Gasteiger partial charge in [-0.05, 0) is 64.7 Å². The number of carbonyl (C=O) groups is 1. The second-order valence-corrected chi connectivity index (χ2v) is 7.56. The first kappa shape index (κ1) is 15.2. The Morgan fingerprint density at radius 3 is 2.67 bits per heavy atom. The second-order valence-electron chi connectivity index (χ2n) is 6.71. The van der Waals surface area contributed by atoms with Gasteiger partial charge in [0.25, 0.3) is 0 Å². The number of hydrogen-bond donors (Lipinski definition) is 0. The van der Waals surface area contributed by atoms with Crippen LogP contribution < -0.4 is 0 Å². The van der Waals surface area contributed by atoms with E-state index in [1.54, 1.807) is 12.1 Å². The molecule has 1 aromatic carbocycles. The summed E-state index contributed by atoms with van der Waals surface area (Å²) in [6.45, 7) is 0. The summed E-state index contributed by atoms with van der Waals surface area (Å²) >= 11 is 3.19. The summed E-state index contributed by atoms with van der Waals surface area (Å²) in [5.41, 5.74) is 0.916. The first-order valence-corrected chi connectivity index (χ1v) is 8.89. The Balaban J connectivity index is 1.61. The standard InChI is InChI=1S/C18H22BrFO/c19-16-9-12(5-8-17(16)20)10-18(21)15-7-6-13-3-1-2-4-14(13)11-15/h5,8-9,13-15H,1-4,6-7,10-11H2. The van der Waals surface area contributed by atoms with Gasteiger partial charge in [0.2, 0.25) is 0 Å². The van der Waals surface area contributed by atoms with Crippen LogP contribution in [0.2, 0.25) is 0 Å². The summed E-state index contributed by atoms with van der Waals surface area (Å²) in [5.74, 6) is 1.96. The summed E-state index contributed by atoms with van der Waals surface area (Å²) in [6.07, 6.45) is 9.23. The number of benzene rings is 1. The van der Waals surface area contributed by atoms with Crippen molar-refractivity contribution in [1.82, 2.24) is 0 Å². The zero-order valence-corrected chi connectivity index (χ0v) is 13.9. The van der Waals surface area contributed by atoms with E-state index in [1.807, 2.05) is 0 Å². The van der Waals surface area contributed by atoms with Gasteiger partial charge in [-0.2, -0.15) is 0 Å². The summed E-state index contributed by atoms with van der Waals surface area (Å²) in [5, 5.41) is 0. The molecule has 2 fully saturated rings. The minimum atomic E-state index is -0.270. The molecular formula is C18H22BrFO. The molecule has 0 aliphatic heterocycles. The van der Waals surface area contributed by atoms with Crippen molar-refractivity contribution in [1.29, 1.82) is 0 Å². The SMILES string of the molecule is O=C(Cc1ccc(F)c(Br)c1)C1CCC2CCCCC2C1. The van der Waals surface area contributed by atoms with E-state index < -0.39 is 0 Å². The molecule has 2 saturated carbocycles. The fourth-order valence-corrected chi connectivity index (χ4v) is 4.59. The van der Waals surface area contributed by atoms with Crippen LogP contribution in [0.25, 0.3) is 0 Å². The van der Waals surface area contributed by atoms with E-state index in [1.165, 1.54) is 38.2 Å². The molecular weight excluding hydrogens is 331 g/mol. The maximum Gasteiger partial charge on any atom is 0.140 e. The molecule has 3 unspecified atom stereocenters. The zero-order chi connectivity index (χ0) is 14.8. The van der Waals surface area contributed by atoms with Crippen LogP contribution in [0, 0.1) is 23.6 Å². The molecule has 1 nitrogen and oxygen atoms in total. The Bertz CT molecular complexity index is 528. The largest absolute Gasteiger partial charge is 0.299 e. The molecule has 0 saturated heterocycles. The molecule has 21 heavy (non-hydrogen) atoms. The predicted octanol–water partition coefficient (Wildman–Crippen LogP) is 5.31. The molecule has 3 atom stereocenters. The van der Waals surface area contributed by atoms with Gasteiger partial charge in [-0.1, -0.05) is 31.7 Å². The minimum absolute atomic E-state index is 0.230. The molecule has 1 aromatic rings. The average molecular weight is 353 g/mol. The van der Waals surface area contributed by atoms with E-state index in [0.717, 1.165) is 30.2 Å². The second kappa shape index (κ2) is 6.60. The Morgan fingerprint density at radius 2 is 1.90 bits per heavy atom. The number of ketones is 1. The Hall–Kier alpha value is -0.700. The molecule has 3 rings (SSSR count). The average Bonchev–Trinajstić information content (AvgIpc) is 2.50. The van der Waals surface area contributed by atoms with Gasteiger partial charge in [0.15, 0.2) is 0 Å². The van der Waals surface area contributed by atoms with E-state index in [0.29, 0.717) is 16.7 Å². The lowest BCUT2D eigenvalue weighted by molar-refractivity contribution is -0.124. The number of halogens is 2. The van der Waals surface area contributed by atoms with Crippen molar-refractivity contribution in [2.45, 2.75) is 51.4 Å². The fraction of sp³-hybridized carbons (Fsp3) is 0.611. The lowest BCUT2D eigenvalue weighted by Gasteiger charge is -2.38. The molecule has 0 radical (unpaired) electrons. The molecule has 0 bridgehead atoms. The van der Waals surface area contributed by atoms with Crippen molar-refractivity contribution in [2.24, 2.45) is 17.8 Å². The summed E-state index contributed by atoms with van der Waals surface area (Å²) < 4.78 is 13.7. The van der Waals surface area contributed by atoms with Gasteiger partial charge in [0.05, 0.1) is 4.47 Å². The third-order valence-electron chi connectivity index (χ3n) is 5.36. The number of fused-ring (bicyclic) bond motifs is 1. The molecule has 0 N–H and O–H groups in total. The highest BCUT2D eigenvalue weighted by atomic mass is 79.9. The van der Waals surface area contributed by atoms with Crippen LogP contribution in [0.5, 0.6) is 0 Å². The topological polar surface area (TPSA) is 17.1 Å². The monoisotopic (exact) mass is 352 g/mol. The van der Waals surface area contributed by atoms with Crippen molar-refractivity contribution in [2.75, 3.05) is 0 Å².